The number of carbonyl (C=O) groups is 2. The Morgan fingerprint density at radius 1 is 1.04 bits per heavy atom. The van der Waals surface area contributed by atoms with Gasteiger partial charge in [0.2, 0.25) is 5.91 Å². The van der Waals surface area contributed by atoms with E-state index in [2.05, 4.69) is 10.6 Å². The van der Waals surface area contributed by atoms with E-state index in [1.165, 1.54) is 27.4 Å². The molecule has 1 unspecified atom stereocenters. The molecule has 2 aromatic carbocycles. The number of methoxy groups -OCH3 is 3. The van der Waals surface area contributed by atoms with Crippen LogP contribution >= 0.6 is 11.6 Å². The van der Waals surface area contributed by atoms with Gasteiger partial charge in [-0.25, -0.2) is 4.79 Å². The summed E-state index contributed by atoms with van der Waals surface area (Å²) in [5.41, 5.74) is 1.57. The van der Waals surface area contributed by atoms with E-state index >= 15 is 0 Å². The lowest BCUT2D eigenvalue weighted by molar-refractivity contribution is -0.120. The minimum atomic E-state index is -0.557. The zero-order valence-corrected chi connectivity index (χ0v) is 16.9. The van der Waals surface area contributed by atoms with E-state index in [-0.39, 0.29) is 24.1 Å². The van der Waals surface area contributed by atoms with Crippen molar-refractivity contribution in [2.24, 2.45) is 0 Å². The highest BCUT2D eigenvalue weighted by molar-refractivity contribution is 6.30. The summed E-state index contributed by atoms with van der Waals surface area (Å²) in [6, 6.07) is 10.1. The molecule has 2 rings (SSSR count). The Morgan fingerprint density at radius 2 is 1.64 bits per heavy atom. The number of hydrogen-bond acceptors (Lipinski definition) is 6. The molecular formula is C20H23ClN2O5. The summed E-state index contributed by atoms with van der Waals surface area (Å²) in [6.07, 6.45) is 0. The summed E-state index contributed by atoms with van der Waals surface area (Å²) < 4.78 is 15.3. The van der Waals surface area contributed by atoms with Crippen LogP contribution in [0.2, 0.25) is 5.02 Å². The molecule has 0 aliphatic rings. The van der Waals surface area contributed by atoms with Crippen molar-refractivity contribution in [1.82, 2.24) is 5.32 Å². The highest BCUT2D eigenvalue weighted by Crippen LogP contribution is 2.33. The second-order valence-electron chi connectivity index (χ2n) is 5.94. The van der Waals surface area contributed by atoms with Gasteiger partial charge in [0.25, 0.3) is 0 Å². The average Bonchev–Trinajstić information content (AvgIpc) is 2.71. The van der Waals surface area contributed by atoms with Gasteiger partial charge in [-0.2, -0.15) is 0 Å². The number of halogens is 1. The van der Waals surface area contributed by atoms with E-state index in [4.69, 9.17) is 25.8 Å². The third-order valence-corrected chi connectivity index (χ3v) is 4.37. The summed E-state index contributed by atoms with van der Waals surface area (Å²) in [7, 11) is 4.24. The van der Waals surface area contributed by atoms with E-state index in [1.807, 2.05) is 19.1 Å². The number of anilines is 1. The lowest BCUT2D eigenvalue weighted by Gasteiger charge is -2.17. The first kappa shape index (κ1) is 21.4. The maximum atomic E-state index is 12.3. The molecule has 0 aromatic heterocycles. The second-order valence-corrected chi connectivity index (χ2v) is 6.38. The fourth-order valence-electron chi connectivity index (χ4n) is 2.61. The van der Waals surface area contributed by atoms with Crippen molar-refractivity contribution in [2.45, 2.75) is 13.0 Å². The lowest BCUT2D eigenvalue weighted by Crippen LogP contribution is -2.32. The number of benzene rings is 2. The Kier molecular flexibility index (Phi) is 7.52. The normalized spacial score (nSPS) is 11.3. The molecule has 0 heterocycles. The molecule has 28 heavy (non-hydrogen) atoms. The molecule has 1 amide bonds. The van der Waals surface area contributed by atoms with Crippen LogP contribution in [0.5, 0.6) is 11.5 Å². The Morgan fingerprint density at radius 3 is 2.21 bits per heavy atom. The van der Waals surface area contributed by atoms with E-state index in [9.17, 15) is 9.59 Å². The van der Waals surface area contributed by atoms with Gasteiger partial charge in [-0.15, -0.1) is 0 Å². The van der Waals surface area contributed by atoms with Gasteiger partial charge in [0, 0.05) is 17.2 Å². The number of ether oxygens (including phenoxy) is 3. The molecule has 1 atom stereocenters. The first-order valence-corrected chi connectivity index (χ1v) is 8.90. The van der Waals surface area contributed by atoms with Gasteiger partial charge in [0.15, 0.2) is 11.5 Å². The maximum absolute atomic E-state index is 12.3. The molecule has 8 heteroatoms. The van der Waals surface area contributed by atoms with Gasteiger partial charge in [-0.05, 0) is 24.6 Å². The minimum absolute atomic E-state index is 0.0442. The summed E-state index contributed by atoms with van der Waals surface area (Å²) in [4.78, 5) is 24.4. The number of carbonyl (C=O) groups excluding carboxylic acids is 2. The quantitative estimate of drug-likeness (QED) is 0.653. The summed E-state index contributed by atoms with van der Waals surface area (Å²) >= 11 is 5.88. The van der Waals surface area contributed by atoms with Gasteiger partial charge in [-0.3, -0.25) is 4.79 Å². The molecule has 0 aliphatic heterocycles. The zero-order valence-electron chi connectivity index (χ0n) is 16.2. The number of nitrogens with one attached hydrogen (secondary N) is 2. The Hall–Kier alpha value is -2.93. The molecule has 150 valence electrons. The average molecular weight is 407 g/mol. The molecule has 2 N–H and O–H groups in total. The van der Waals surface area contributed by atoms with Gasteiger partial charge < -0.3 is 24.8 Å². The molecule has 0 radical (unpaired) electrons. The fourth-order valence-corrected chi connectivity index (χ4v) is 2.73. The van der Waals surface area contributed by atoms with E-state index in [1.54, 1.807) is 18.2 Å². The molecule has 0 saturated carbocycles. The first-order valence-electron chi connectivity index (χ1n) is 8.52. The third-order valence-electron chi connectivity index (χ3n) is 4.12. The second kappa shape index (κ2) is 9.85. The van der Waals surface area contributed by atoms with E-state index in [0.29, 0.717) is 22.2 Å². The van der Waals surface area contributed by atoms with Crippen molar-refractivity contribution in [3.05, 3.63) is 52.5 Å². The van der Waals surface area contributed by atoms with Crippen molar-refractivity contribution in [1.29, 1.82) is 0 Å². The standard InChI is InChI=1S/C20H23ClN2O5/c1-12(13-5-7-14(21)8-6-13)23-19(24)11-22-16-10-18(27-3)17(26-2)9-15(16)20(25)28-4/h5-10,12,22H,11H2,1-4H3,(H,23,24). The topological polar surface area (TPSA) is 85.9 Å². The highest BCUT2D eigenvalue weighted by Gasteiger charge is 2.18. The summed E-state index contributed by atoms with van der Waals surface area (Å²) in [6.45, 7) is 1.83. The largest absolute Gasteiger partial charge is 0.493 e. The van der Waals surface area contributed by atoms with Crippen LogP contribution in [-0.2, 0) is 9.53 Å². The van der Waals surface area contributed by atoms with Crippen LogP contribution in [0, 0.1) is 0 Å². The maximum Gasteiger partial charge on any atom is 0.340 e. The van der Waals surface area contributed by atoms with E-state index in [0.717, 1.165) is 5.56 Å². The molecule has 7 nitrogen and oxygen atoms in total. The van der Waals surface area contributed by atoms with Gasteiger partial charge in [0.1, 0.15) is 0 Å². The van der Waals surface area contributed by atoms with Crippen LogP contribution in [0.3, 0.4) is 0 Å². The molecule has 2 aromatic rings. The Labute approximate surface area is 168 Å². The lowest BCUT2D eigenvalue weighted by atomic mass is 10.1. The number of hydrogen-bond donors (Lipinski definition) is 2. The SMILES string of the molecule is COC(=O)c1cc(OC)c(OC)cc1NCC(=O)NC(C)c1ccc(Cl)cc1. The van der Waals surface area contributed by atoms with Gasteiger partial charge in [0.05, 0.1) is 45.2 Å². The summed E-state index contributed by atoms with van der Waals surface area (Å²) in [5, 5.41) is 6.47. The molecular weight excluding hydrogens is 384 g/mol. The van der Waals surface area contributed by atoms with Crippen molar-refractivity contribution in [3.8, 4) is 11.5 Å². The van der Waals surface area contributed by atoms with Crippen molar-refractivity contribution in [2.75, 3.05) is 33.2 Å². The number of amides is 1. The molecule has 0 aliphatic carbocycles. The van der Waals surface area contributed by atoms with Gasteiger partial charge in [-0.1, -0.05) is 23.7 Å². The molecule has 0 bridgehead atoms. The molecule has 0 fully saturated rings. The molecule has 0 spiro atoms. The number of esters is 1. The smallest absolute Gasteiger partial charge is 0.340 e. The zero-order chi connectivity index (χ0) is 20.7. The van der Waals surface area contributed by atoms with Crippen LogP contribution in [0.1, 0.15) is 28.9 Å². The predicted molar refractivity (Wildman–Crippen MR) is 107 cm³/mol. The molecule has 0 saturated heterocycles. The highest BCUT2D eigenvalue weighted by atomic mass is 35.5. The van der Waals surface area contributed by atoms with Crippen LogP contribution in [-0.4, -0.2) is 39.8 Å². The van der Waals surface area contributed by atoms with Crippen molar-refractivity contribution >= 4 is 29.2 Å². The summed E-state index contributed by atoms with van der Waals surface area (Å²) in [5.74, 6) is 0.00769. The third kappa shape index (κ3) is 5.29. The predicted octanol–water partition coefficient (Wildman–Crippen LogP) is 3.43. The Balaban J connectivity index is 2.10. The van der Waals surface area contributed by atoms with Crippen LogP contribution in [0.25, 0.3) is 0 Å². The fraction of sp³-hybridized carbons (Fsp3) is 0.300. The Bertz CT molecular complexity index is 839. The van der Waals surface area contributed by atoms with E-state index < -0.39 is 5.97 Å². The first-order chi connectivity index (χ1) is 13.4. The van der Waals surface area contributed by atoms with Crippen LogP contribution in [0.15, 0.2) is 36.4 Å². The monoisotopic (exact) mass is 406 g/mol. The number of rotatable bonds is 8. The minimum Gasteiger partial charge on any atom is -0.493 e. The van der Waals surface area contributed by atoms with Crippen molar-refractivity contribution < 1.29 is 23.8 Å². The van der Waals surface area contributed by atoms with Crippen LogP contribution < -0.4 is 20.1 Å². The van der Waals surface area contributed by atoms with Gasteiger partial charge >= 0.3 is 5.97 Å². The van der Waals surface area contributed by atoms with Crippen molar-refractivity contribution in [3.63, 3.8) is 0 Å². The van der Waals surface area contributed by atoms with Crippen LogP contribution in [0.4, 0.5) is 5.69 Å².